The zero-order valence-electron chi connectivity index (χ0n) is 12.9. The number of nitrogens with two attached hydrogens (primary N) is 1. The fraction of sp³-hybridized carbons (Fsp3) is 0.562. The Morgan fingerprint density at radius 1 is 1.33 bits per heavy atom. The van der Waals surface area contributed by atoms with Crippen molar-refractivity contribution in [3.05, 3.63) is 30.1 Å². The van der Waals surface area contributed by atoms with Crippen LogP contribution in [0, 0.1) is 5.41 Å². The number of hydrogen-bond donors (Lipinski definition) is 2. The van der Waals surface area contributed by atoms with Crippen LogP contribution in [0.4, 0.5) is 0 Å². The molecule has 3 N–H and O–H groups in total. The van der Waals surface area contributed by atoms with Crippen molar-refractivity contribution in [3.8, 4) is 0 Å². The van der Waals surface area contributed by atoms with Crippen molar-refractivity contribution in [2.24, 2.45) is 11.1 Å². The van der Waals surface area contributed by atoms with Gasteiger partial charge in [-0.05, 0) is 25.0 Å². The maximum absolute atomic E-state index is 12.6. The zero-order valence-corrected chi connectivity index (χ0v) is 13.7. The van der Waals surface area contributed by atoms with Gasteiger partial charge in [0.05, 0.1) is 10.4 Å². The number of hydrogen-bond acceptors (Lipinski definition) is 3. The van der Waals surface area contributed by atoms with Crippen LogP contribution in [0.1, 0.15) is 45.2 Å². The summed E-state index contributed by atoms with van der Waals surface area (Å²) in [5, 5.41) is 2.98. The van der Waals surface area contributed by atoms with Crippen molar-refractivity contribution < 1.29 is 4.79 Å². The molecule has 1 heterocycles. The highest BCUT2D eigenvalue weighted by molar-refractivity contribution is 7.80. The van der Waals surface area contributed by atoms with Gasteiger partial charge in [-0.25, -0.2) is 0 Å². The molecule has 21 heavy (non-hydrogen) atoms. The van der Waals surface area contributed by atoms with Crippen LogP contribution in [0.15, 0.2) is 24.4 Å². The minimum absolute atomic E-state index is 0.0466. The Kier molecular flexibility index (Phi) is 7.29. The number of thiocarbonyl (C=S) groups is 1. The van der Waals surface area contributed by atoms with Gasteiger partial charge >= 0.3 is 0 Å². The lowest BCUT2D eigenvalue weighted by atomic mass is 9.78. The van der Waals surface area contributed by atoms with Gasteiger partial charge in [0.15, 0.2) is 0 Å². The number of nitrogens with zero attached hydrogens (tertiary/aromatic N) is 1. The number of nitrogens with one attached hydrogen (secondary N) is 1. The minimum Gasteiger partial charge on any atom is -0.392 e. The molecule has 0 unspecified atom stereocenters. The van der Waals surface area contributed by atoms with E-state index in [9.17, 15) is 4.79 Å². The van der Waals surface area contributed by atoms with Crippen molar-refractivity contribution in [2.45, 2.75) is 46.0 Å². The van der Waals surface area contributed by atoms with Crippen molar-refractivity contribution in [1.82, 2.24) is 10.3 Å². The number of carbonyl (C=O) groups excluding carboxylic acids is 1. The summed E-state index contributed by atoms with van der Waals surface area (Å²) >= 11 is 5.18. The zero-order chi connectivity index (χ0) is 15.7. The Hall–Kier alpha value is -1.49. The van der Waals surface area contributed by atoms with E-state index in [1.165, 1.54) is 0 Å². The first-order chi connectivity index (χ1) is 10.1. The normalized spacial score (nSPS) is 11.1. The van der Waals surface area contributed by atoms with Crippen LogP contribution in [-0.2, 0) is 11.2 Å². The van der Waals surface area contributed by atoms with Crippen LogP contribution < -0.4 is 11.1 Å². The molecule has 5 heteroatoms. The molecule has 0 saturated heterocycles. The third-order valence-electron chi connectivity index (χ3n) is 3.65. The smallest absolute Gasteiger partial charge is 0.233 e. The van der Waals surface area contributed by atoms with E-state index in [0.29, 0.717) is 30.8 Å². The molecule has 0 atom stereocenters. The molecule has 0 aromatic carbocycles. The lowest BCUT2D eigenvalue weighted by Gasteiger charge is -2.31. The topological polar surface area (TPSA) is 68.0 Å². The molecule has 0 fully saturated rings. The number of rotatable bonds is 9. The second-order valence-corrected chi connectivity index (χ2v) is 5.71. The second-order valence-electron chi connectivity index (χ2n) is 5.27. The first-order valence-corrected chi connectivity index (χ1v) is 7.95. The van der Waals surface area contributed by atoms with E-state index < -0.39 is 5.41 Å². The van der Waals surface area contributed by atoms with Gasteiger partial charge in [-0.15, -0.1) is 0 Å². The molecule has 0 radical (unpaired) electrons. The van der Waals surface area contributed by atoms with Gasteiger partial charge in [0.1, 0.15) is 0 Å². The maximum atomic E-state index is 12.6. The van der Waals surface area contributed by atoms with Gasteiger partial charge < -0.3 is 11.1 Å². The predicted octanol–water partition coefficient (Wildman–Crippen LogP) is 2.61. The minimum atomic E-state index is -0.705. The molecule has 4 nitrogen and oxygen atoms in total. The fourth-order valence-electron chi connectivity index (χ4n) is 2.58. The van der Waals surface area contributed by atoms with Crippen LogP contribution in [0.2, 0.25) is 0 Å². The van der Waals surface area contributed by atoms with Crippen LogP contribution in [0.3, 0.4) is 0 Å². The third kappa shape index (κ3) is 4.77. The molecular weight excluding hydrogens is 282 g/mol. The Labute approximate surface area is 132 Å². The van der Waals surface area contributed by atoms with Crippen molar-refractivity contribution >= 4 is 23.1 Å². The van der Waals surface area contributed by atoms with E-state index in [4.69, 9.17) is 18.0 Å². The summed E-state index contributed by atoms with van der Waals surface area (Å²) in [6.07, 6.45) is 5.62. The van der Waals surface area contributed by atoms with Crippen LogP contribution in [0.5, 0.6) is 0 Å². The molecule has 0 saturated carbocycles. The summed E-state index contributed by atoms with van der Waals surface area (Å²) in [7, 11) is 0. The molecule has 0 aliphatic heterocycles. The summed E-state index contributed by atoms with van der Waals surface area (Å²) < 4.78 is 0. The molecule has 1 rings (SSSR count). The van der Waals surface area contributed by atoms with Gasteiger partial charge in [0.25, 0.3) is 0 Å². The van der Waals surface area contributed by atoms with Crippen LogP contribution in [-0.4, -0.2) is 22.4 Å². The highest BCUT2D eigenvalue weighted by Crippen LogP contribution is 2.30. The summed E-state index contributed by atoms with van der Waals surface area (Å²) in [5.74, 6) is -0.0466. The standard InChI is InChI=1S/C16H25N3OS/c1-3-9-16(10-4-2,14(17)21)15(20)19-12-8-13-7-5-6-11-18-13/h5-7,11H,3-4,8-10,12H2,1-2H3,(H2,17,21)(H,19,20). The number of amides is 1. The molecule has 116 valence electrons. The lowest BCUT2D eigenvalue weighted by Crippen LogP contribution is -2.49. The van der Waals surface area contributed by atoms with E-state index in [1.54, 1.807) is 6.20 Å². The second kappa shape index (κ2) is 8.72. The molecule has 0 aliphatic carbocycles. The molecule has 1 aromatic rings. The van der Waals surface area contributed by atoms with E-state index in [1.807, 2.05) is 32.0 Å². The average molecular weight is 307 g/mol. The largest absolute Gasteiger partial charge is 0.392 e. The van der Waals surface area contributed by atoms with Gasteiger partial charge in [0.2, 0.25) is 5.91 Å². The Balaban J connectivity index is 2.66. The third-order valence-corrected chi connectivity index (χ3v) is 4.04. The van der Waals surface area contributed by atoms with Gasteiger partial charge in [-0.2, -0.15) is 0 Å². The van der Waals surface area contributed by atoms with E-state index in [-0.39, 0.29) is 5.91 Å². The fourth-order valence-corrected chi connectivity index (χ4v) is 2.88. The lowest BCUT2D eigenvalue weighted by molar-refractivity contribution is -0.128. The summed E-state index contributed by atoms with van der Waals surface area (Å²) in [6.45, 7) is 4.64. The summed E-state index contributed by atoms with van der Waals surface area (Å²) in [4.78, 5) is 17.1. The Bertz CT molecular complexity index is 456. The maximum Gasteiger partial charge on any atom is 0.233 e. The molecule has 0 spiro atoms. The van der Waals surface area contributed by atoms with Crippen LogP contribution >= 0.6 is 12.2 Å². The molecule has 0 aliphatic rings. The van der Waals surface area contributed by atoms with E-state index in [2.05, 4.69) is 10.3 Å². The van der Waals surface area contributed by atoms with Crippen LogP contribution in [0.25, 0.3) is 0 Å². The Morgan fingerprint density at radius 3 is 2.48 bits per heavy atom. The summed E-state index contributed by atoms with van der Waals surface area (Å²) in [5.41, 5.74) is 6.14. The van der Waals surface area contributed by atoms with Crippen molar-refractivity contribution in [3.63, 3.8) is 0 Å². The van der Waals surface area contributed by atoms with Gasteiger partial charge in [0, 0.05) is 24.9 Å². The van der Waals surface area contributed by atoms with E-state index >= 15 is 0 Å². The molecule has 1 amide bonds. The van der Waals surface area contributed by atoms with Crippen molar-refractivity contribution in [1.29, 1.82) is 0 Å². The Morgan fingerprint density at radius 2 is 2.00 bits per heavy atom. The van der Waals surface area contributed by atoms with Gasteiger partial charge in [-0.1, -0.05) is 45.0 Å². The van der Waals surface area contributed by atoms with Gasteiger partial charge in [-0.3, -0.25) is 9.78 Å². The molecule has 1 aromatic heterocycles. The first kappa shape index (κ1) is 17.6. The quantitative estimate of drug-likeness (QED) is 0.688. The number of aromatic nitrogens is 1. The summed E-state index contributed by atoms with van der Waals surface area (Å²) in [6, 6.07) is 5.77. The highest BCUT2D eigenvalue weighted by atomic mass is 32.1. The molecular formula is C16H25N3OS. The van der Waals surface area contributed by atoms with Crippen molar-refractivity contribution in [2.75, 3.05) is 6.54 Å². The average Bonchev–Trinajstić information content (AvgIpc) is 2.47. The predicted molar refractivity (Wildman–Crippen MR) is 90.0 cm³/mol. The first-order valence-electron chi connectivity index (χ1n) is 7.55. The monoisotopic (exact) mass is 307 g/mol. The number of carbonyl (C=O) groups is 1. The highest BCUT2D eigenvalue weighted by Gasteiger charge is 2.39. The SMILES string of the molecule is CCCC(CCC)(C(=O)NCCc1ccccn1)C(N)=S. The van der Waals surface area contributed by atoms with E-state index in [0.717, 1.165) is 18.5 Å². The number of pyridine rings is 1. The molecule has 0 bridgehead atoms.